The summed E-state index contributed by atoms with van der Waals surface area (Å²) in [5.41, 5.74) is 2.03. The van der Waals surface area contributed by atoms with Crippen LogP contribution in [0, 0.1) is 17.2 Å². The molecular weight excluding hydrogens is 400 g/mol. The average Bonchev–Trinajstić information content (AvgIpc) is 3.09. The molecule has 6 nitrogen and oxygen atoms in total. The summed E-state index contributed by atoms with van der Waals surface area (Å²) in [4.78, 5) is 26.3. The molecule has 0 saturated carbocycles. The Balaban J connectivity index is 1.86. The summed E-state index contributed by atoms with van der Waals surface area (Å²) in [5.74, 6) is 0.229. The number of esters is 1. The highest BCUT2D eigenvalue weighted by Crippen LogP contribution is 2.40. The second-order valence-corrected chi connectivity index (χ2v) is 8.28. The first-order valence-corrected chi connectivity index (χ1v) is 10.7. The van der Waals surface area contributed by atoms with Crippen molar-refractivity contribution in [3.8, 4) is 11.8 Å². The molecule has 1 amide bonds. The van der Waals surface area contributed by atoms with Crippen molar-refractivity contribution in [2.75, 3.05) is 19.0 Å². The fourth-order valence-corrected chi connectivity index (χ4v) is 4.86. The molecule has 2 aromatic rings. The number of nitriles is 1. The Bertz CT molecular complexity index is 1020. The lowest BCUT2D eigenvalue weighted by Crippen LogP contribution is -2.16. The van der Waals surface area contributed by atoms with Crippen molar-refractivity contribution in [3.63, 3.8) is 0 Å². The standard InChI is InChI=1S/C23H24N2O4S/c1-4-29-17-8-6-15(7-9-17)12-16(13-24)21(26)25-22-20(23(27)28-3)18-10-5-14(2)11-19(18)30-22/h6-9,12,14H,4-5,10-11H2,1-3H3,(H,25,26). The van der Waals surface area contributed by atoms with Crippen LogP contribution in [0.5, 0.6) is 5.75 Å². The molecule has 1 unspecified atom stereocenters. The van der Waals surface area contributed by atoms with Gasteiger partial charge in [-0.05, 0) is 61.4 Å². The summed E-state index contributed by atoms with van der Waals surface area (Å²) < 4.78 is 10.4. The number of nitrogens with zero attached hydrogens (tertiary/aromatic N) is 1. The van der Waals surface area contributed by atoms with Gasteiger partial charge in [0.2, 0.25) is 0 Å². The molecule has 0 radical (unpaired) electrons. The van der Waals surface area contributed by atoms with E-state index in [1.807, 2.05) is 13.0 Å². The second-order valence-electron chi connectivity index (χ2n) is 7.17. The van der Waals surface area contributed by atoms with Crippen LogP contribution in [0.2, 0.25) is 0 Å². The van der Waals surface area contributed by atoms with Gasteiger partial charge in [0.1, 0.15) is 22.4 Å². The van der Waals surface area contributed by atoms with Crippen molar-refractivity contribution in [1.29, 1.82) is 5.26 Å². The number of fused-ring (bicyclic) bond motifs is 1. The van der Waals surface area contributed by atoms with E-state index >= 15 is 0 Å². The maximum atomic E-state index is 12.8. The van der Waals surface area contributed by atoms with E-state index in [4.69, 9.17) is 9.47 Å². The largest absolute Gasteiger partial charge is 0.494 e. The van der Waals surface area contributed by atoms with E-state index in [2.05, 4.69) is 12.2 Å². The van der Waals surface area contributed by atoms with Crippen LogP contribution in [0.3, 0.4) is 0 Å². The van der Waals surface area contributed by atoms with E-state index in [9.17, 15) is 14.9 Å². The van der Waals surface area contributed by atoms with Gasteiger partial charge in [-0.1, -0.05) is 19.1 Å². The van der Waals surface area contributed by atoms with E-state index in [0.717, 1.165) is 35.5 Å². The van der Waals surface area contributed by atoms with E-state index in [-0.39, 0.29) is 5.57 Å². The van der Waals surface area contributed by atoms with Crippen LogP contribution in [0.25, 0.3) is 6.08 Å². The quantitative estimate of drug-likeness (QED) is 0.416. The Morgan fingerprint density at radius 1 is 1.33 bits per heavy atom. The first-order valence-electron chi connectivity index (χ1n) is 9.85. The normalized spacial score (nSPS) is 15.7. The van der Waals surface area contributed by atoms with Gasteiger partial charge in [0.25, 0.3) is 5.91 Å². The molecule has 7 heteroatoms. The minimum absolute atomic E-state index is 0.0466. The highest BCUT2D eigenvalue weighted by atomic mass is 32.1. The molecule has 0 saturated heterocycles. The van der Waals surface area contributed by atoms with Crippen molar-refractivity contribution < 1.29 is 19.1 Å². The molecular formula is C23H24N2O4S. The SMILES string of the molecule is CCOc1ccc(C=C(C#N)C(=O)Nc2sc3c(c2C(=O)OC)CCC(C)C3)cc1. The van der Waals surface area contributed by atoms with Crippen LogP contribution in [0.15, 0.2) is 29.8 Å². The first kappa shape index (κ1) is 21.6. The molecule has 1 atom stereocenters. The molecule has 1 aromatic carbocycles. The number of nitrogens with one attached hydrogen (secondary N) is 1. The summed E-state index contributed by atoms with van der Waals surface area (Å²) in [6, 6.07) is 9.07. The van der Waals surface area contributed by atoms with E-state index in [0.29, 0.717) is 28.7 Å². The van der Waals surface area contributed by atoms with Crippen molar-refractivity contribution in [3.05, 3.63) is 51.4 Å². The second kappa shape index (κ2) is 9.59. The lowest BCUT2D eigenvalue weighted by Gasteiger charge is -2.18. The minimum atomic E-state index is -0.553. The van der Waals surface area contributed by atoms with Crippen LogP contribution < -0.4 is 10.1 Å². The van der Waals surface area contributed by atoms with Gasteiger partial charge in [-0.3, -0.25) is 4.79 Å². The van der Waals surface area contributed by atoms with Crippen LogP contribution in [0.4, 0.5) is 5.00 Å². The smallest absolute Gasteiger partial charge is 0.341 e. The predicted octanol–water partition coefficient (Wildman–Crippen LogP) is 4.60. The monoisotopic (exact) mass is 424 g/mol. The van der Waals surface area contributed by atoms with E-state index in [1.54, 1.807) is 24.3 Å². The lowest BCUT2D eigenvalue weighted by atomic mass is 9.88. The number of carbonyl (C=O) groups is 2. The van der Waals surface area contributed by atoms with Gasteiger partial charge in [-0.15, -0.1) is 11.3 Å². The summed E-state index contributed by atoms with van der Waals surface area (Å²) >= 11 is 1.39. The molecule has 30 heavy (non-hydrogen) atoms. The van der Waals surface area contributed by atoms with Crippen LogP contribution in [-0.4, -0.2) is 25.6 Å². The third-order valence-corrected chi connectivity index (χ3v) is 6.17. The molecule has 1 aliphatic rings. The number of anilines is 1. The number of carbonyl (C=O) groups excluding carboxylic acids is 2. The highest BCUT2D eigenvalue weighted by Gasteiger charge is 2.29. The number of ether oxygens (including phenoxy) is 2. The van der Waals surface area contributed by atoms with E-state index in [1.165, 1.54) is 24.5 Å². The molecule has 156 valence electrons. The maximum absolute atomic E-state index is 12.8. The summed E-state index contributed by atoms with van der Waals surface area (Å²) in [5, 5.41) is 12.7. The van der Waals surface area contributed by atoms with Gasteiger partial charge in [-0.2, -0.15) is 5.26 Å². The van der Waals surface area contributed by atoms with Gasteiger partial charge in [0.15, 0.2) is 0 Å². The Morgan fingerprint density at radius 2 is 2.07 bits per heavy atom. The Hall–Kier alpha value is -3.11. The van der Waals surface area contributed by atoms with E-state index < -0.39 is 11.9 Å². The summed E-state index contributed by atoms with van der Waals surface area (Å²) in [7, 11) is 1.33. The lowest BCUT2D eigenvalue weighted by molar-refractivity contribution is -0.112. The molecule has 0 bridgehead atoms. The third-order valence-electron chi connectivity index (χ3n) is 5.00. The van der Waals surface area contributed by atoms with Crippen molar-refractivity contribution in [1.82, 2.24) is 0 Å². The highest BCUT2D eigenvalue weighted by molar-refractivity contribution is 7.17. The number of rotatable bonds is 6. The number of hydrogen-bond acceptors (Lipinski definition) is 6. The zero-order valence-corrected chi connectivity index (χ0v) is 18.1. The van der Waals surface area contributed by atoms with Gasteiger partial charge >= 0.3 is 5.97 Å². The molecule has 0 spiro atoms. The fourth-order valence-electron chi connectivity index (χ4n) is 3.47. The van der Waals surface area contributed by atoms with Crippen molar-refractivity contribution in [2.24, 2.45) is 5.92 Å². The Morgan fingerprint density at radius 3 is 2.70 bits per heavy atom. The predicted molar refractivity (Wildman–Crippen MR) is 117 cm³/mol. The van der Waals surface area contributed by atoms with Crippen LogP contribution in [0.1, 0.15) is 46.6 Å². The van der Waals surface area contributed by atoms with Gasteiger partial charge in [0.05, 0.1) is 19.3 Å². The van der Waals surface area contributed by atoms with Crippen LogP contribution >= 0.6 is 11.3 Å². The third kappa shape index (κ3) is 4.71. The number of amides is 1. The van der Waals surface area contributed by atoms with Crippen molar-refractivity contribution >= 4 is 34.3 Å². The number of hydrogen-bond donors (Lipinski definition) is 1. The zero-order valence-electron chi connectivity index (χ0n) is 17.3. The van der Waals surface area contributed by atoms with Gasteiger partial charge < -0.3 is 14.8 Å². The average molecular weight is 425 g/mol. The van der Waals surface area contributed by atoms with Gasteiger partial charge in [-0.25, -0.2) is 4.79 Å². The number of methoxy groups -OCH3 is 1. The number of benzene rings is 1. The summed E-state index contributed by atoms with van der Waals surface area (Å²) in [6.07, 6.45) is 4.15. The minimum Gasteiger partial charge on any atom is -0.494 e. The molecule has 0 fully saturated rings. The van der Waals surface area contributed by atoms with Crippen LogP contribution in [-0.2, 0) is 22.4 Å². The number of thiophene rings is 1. The first-order chi connectivity index (χ1) is 14.5. The molecule has 1 aromatic heterocycles. The molecule has 1 N–H and O–H groups in total. The maximum Gasteiger partial charge on any atom is 0.341 e. The molecule has 1 heterocycles. The molecule has 0 aliphatic heterocycles. The topological polar surface area (TPSA) is 88.4 Å². The Kier molecular flexibility index (Phi) is 6.91. The summed E-state index contributed by atoms with van der Waals surface area (Å²) in [6.45, 7) is 4.64. The zero-order chi connectivity index (χ0) is 21.7. The fraction of sp³-hybridized carbons (Fsp3) is 0.348. The van der Waals surface area contributed by atoms with Crippen molar-refractivity contribution in [2.45, 2.75) is 33.1 Å². The Labute approximate surface area is 180 Å². The molecule has 1 aliphatic carbocycles. The van der Waals surface area contributed by atoms with Gasteiger partial charge in [0, 0.05) is 4.88 Å². The molecule has 3 rings (SSSR count).